The van der Waals surface area contributed by atoms with E-state index in [0.29, 0.717) is 27.9 Å². The maximum absolute atomic E-state index is 13.2. The van der Waals surface area contributed by atoms with Gasteiger partial charge >= 0.3 is 0 Å². The largest absolute Gasteiger partial charge is 0.483 e. The molecule has 0 bridgehead atoms. The lowest BCUT2D eigenvalue weighted by atomic mass is 10.0. The quantitative estimate of drug-likeness (QED) is 0.509. The third-order valence-electron chi connectivity index (χ3n) is 5.00. The van der Waals surface area contributed by atoms with Gasteiger partial charge in [0.15, 0.2) is 6.61 Å². The second-order valence-electron chi connectivity index (χ2n) is 7.67. The first-order valence-corrected chi connectivity index (χ1v) is 11.2. The third kappa shape index (κ3) is 6.88. The van der Waals surface area contributed by atoms with Crippen LogP contribution in [-0.4, -0.2) is 35.9 Å². The van der Waals surface area contributed by atoms with Crippen LogP contribution in [0.15, 0.2) is 42.5 Å². The van der Waals surface area contributed by atoms with Gasteiger partial charge in [-0.3, -0.25) is 9.59 Å². The summed E-state index contributed by atoms with van der Waals surface area (Å²) in [6.45, 7) is 8.24. The molecule has 0 unspecified atom stereocenters. The maximum atomic E-state index is 13.2. The van der Waals surface area contributed by atoms with Crippen LogP contribution in [0.5, 0.6) is 5.75 Å². The van der Waals surface area contributed by atoms with Crippen molar-refractivity contribution in [2.75, 3.05) is 13.2 Å². The number of ether oxygens (including phenoxy) is 1. The van der Waals surface area contributed by atoms with Crippen molar-refractivity contribution in [1.82, 2.24) is 10.2 Å². The molecule has 0 radical (unpaired) electrons. The molecule has 1 N–H and O–H groups in total. The zero-order chi connectivity index (χ0) is 23.0. The Bertz CT molecular complexity index is 882. The Morgan fingerprint density at radius 1 is 1.03 bits per heavy atom. The molecule has 5 nitrogen and oxygen atoms in total. The van der Waals surface area contributed by atoms with Gasteiger partial charge in [-0.25, -0.2) is 0 Å². The Morgan fingerprint density at radius 2 is 1.68 bits per heavy atom. The fraction of sp³-hybridized carbons (Fsp3) is 0.417. The lowest BCUT2D eigenvalue weighted by Gasteiger charge is -2.29. The minimum Gasteiger partial charge on any atom is -0.483 e. The Kier molecular flexibility index (Phi) is 9.66. The molecule has 0 heterocycles. The van der Waals surface area contributed by atoms with Crippen molar-refractivity contribution in [2.45, 2.75) is 52.6 Å². The van der Waals surface area contributed by atoms with Crippen LogP contribution in [-0.2, 0) is 16.1 Å². The summed E-state index contributed by atoms with van der Waals surface area (Å²) >= 11 is 12.6. The van der Waals surface area contributed by atoms with Crippen LogP contribution >= 0.6 is 23.2 Å². The summed E-state index contributed by atoms with van der Waals surface area (Å²) in [5, 5.41) is 3.73. The van der Waals surface area contributed by atoms with Crippen LogP contribution in [0.4, 0.5) is 0 Å². The molecule has 0 aromatic heterocycles. The first-order chi connectivity index (χ1) is 14.8. The van der Waals surface area contributed by atoms with Crippen molar-refractivity contribution in [1.29, 1.82) is 0 Å². The van der Waals surface area contributed by atoms with E-state index in [0.717, 1.165) is 12.0 Å². The lowest BCUT2D eigenvalue weighted by Crippen LogP contribution is -2.49. The molecule has 1 atom stereocenters. The van der Waals surface area contributed by atoms with Crippen LogP contribution in [0.2, 0.25) is 10.0 Å². The molecule has 0 aliphatic carbocycles. The van der Waals surface area contributed by atoms with Crippen LogP contribution in [0.25, 0.3) is 0 Å². The van der Waals surface area contributed by atoms with Crippen LogP contribution in [0, 0.1) is 0 Å². The Hall–Kier alpha value is -2.24. The summed E-state index contributed by atoms with van der Waals surface area (Å²) in [5.74, 6) is 0.349. The number of rotatable bonds is 10. The highest BCUT2D eigenvalue weighted by Gasteiger charge is 2.28. The number of para-hydroxylation sites is 1. The highest BCUT2D eigenvalue weighted by Crippen LogP contribution is 2.28. The topological polar surface area (TPSA) is 58.6 Å². The molecule has 0 spiro atoms. The molecule has 0 aliphatic heterocycles. The van der Waals surface area contributed by atoms with Crippen molar-refractivity contribution in [3.63, 3.8) is 0 Å². The molecule has 7 heteroatoms. The van der Waals surface area contributed by atoms with Gasteiger partial charge in [0.1, 0.15) is 11.8 Å². The fourth-order valence-electron chi connectivity index (χ4n) is 3.14. The van der Waals surface area contributed by atoms with Gasteiger partial charge in [0.2, 0.25) is 5.91 Å². The number of benzene rings is 2. The van der Waals surface area contributed by atoms with E-state index in [9.17, 15) is 9.59 Å². The first kappa shape index (κ1) is 25.0. The van der Waals surface area contributed by atoms with E-state index in [2.05, 4.69) is 19.2 Å². The molecular formula is C24H30Cl2N2O3. The SMILES string of the molecule is CCCNC(=O)[C@@H](C)N(Cc1c(Cl)cccc1Cl)C(=O)COc1ccccc1C(C)C. The molecule has 2 aromatic rings. The first-order valence-electron chi connectivity index (χ1n) is 10.5. The summed E-state index contributed by atoms with van der Waals surface area (Å²) in [7, 11) is 0. The van der Waals surface area contributed by atoms with E-state index in [4.69, 9.17) is 27.9 Å². The summed E-state index contributed by atoms with van der Waals surface area (Å²) < 4.78 is 5.86. The van der Waals surface area contributed by atoms with E-state index in [1.165, 1.54) is 4.90 Å². The van der Waals surface area contributed by atoms with Crippen molar-refractivity contribution in [3.8, 4) is 5.75 Å². The zero-order valence-electron chi connectivity index (χ0n) is 18.5. The van der Waals surface area contributed by atoms with Crippen LogP contribution in [0.3, 0.4) is 0 Å². The normalized spacial score (nSPS) is 11.8. The molecule has 0 aliphatic rings. The summed E-state index contributed by atoms with van der Waals surface area (Å²) in [5.41, 5.74) is 1.61. The third-order valence-corrected chi connectivity index (χ3v) is 5.71. The molecule has 2 aromatic carbocycles. The number of hydrogen-bond donors (Lipinski definition) is 1. The Morgan fingerprint density at radius 3 is 2.29 bits per heavy atom. The molecule has 0 saturated carbocycles. The van der Waals surface area contributed by atoms with Gasteiger partial charge in [-0.2, -0.15) is 0 Å². The van der Waals surface area contributed by atoms with Crippen LogP contribution in [0.1, 0.15) is 51.2 Å². The number of amides is 2. The smallest absolute Gasteiger partial charge is 0.261 e. The standard InChI is InChI=1S/C24H30Cl2N2O3/c1-5-13-27-24(30)17(4)28(14-19-20(25)10-8-11-21(19)26)23(29)15-31-22-12-7-6-9-18(22)16(2)3/h6-12,16-17H,5,13-15H2,1-4H3,(H,27,30)/t17-/m1/s1. The van der Waals surface area contributed by atoms with E-state index >= 15 is 0 Å². The van der Waals surface area contributed by atoms with Gasteiger partial charge < -0.3 is 15.0 Å². The van der Waals surface area contributed by atoms with Gasteiger partial charge in [0.05, 0.1) is 0 Å². The predicted octanol–water partition coefficient (Wildman–Crippen LogP) is 5.44. The summed E-state index contributed by atoms with van der Waals surface area (Å²) in [4.78, 5) is 27.2. The average molecular weight is 465 g/mol. The highest BCUT2D eigenvalue weighted by atomic mass is 35.5. The second kappa shape index (κ2) is 12.0. The summed E-state index contributed by atoms with van der Waals surface area (Å²) in [6.07, 6.45) is 0.803. The molecule has 0 fully saturated rings. The van der Waals surface area contributed by atoms with E-state index < -0.39 is 6.04 Å². The molecule has 2 rings (SSSR count). The molecule has 2 amide bonds. The number of halogens is 2. The molecular weight excluding hydrogens is 435 g/mol. The zero-order valence-corrected chi connectivity index (χ0v) is 20.0. The van der Waals surface area contributed by atoms with E-state index in [1.807, 2.05) is 31.2 Å². The van der Waals surface area contributed by atoms with E-state index in [-0.39, 0.29) is 30.9 Å². The maximum Gasteiger partial charge on any atom is 0.261 e. The molecule has 0 saturated heterocycles. The average Bonchev–Trinajstić information content (AvgIpc) is 2.75. The number of nitrogens with zero attached hydrogens (tertiary/aromatic N) is 1. The Labute approximate surface area is 194 Å². The number of carbonyl (C=O) groups is 2. The van der Waals surface area contributed by atoms with Crippen molar-refractivity contribution >= 4 is 35.0 Å². The fourth-order valence-corrected chi connectivity index (χ4v) is 3.66. The van der Waals surface area contributed by atoms with Crippen molar-refractivity contribution < 1.29 is 14.3 Å². The lowest BCUT2D eigenvalue weighted by molar-refractivity contribution is -0.142. The minimum atomic E-state index is -0.713. The van der Waals surface area contributed by atoms with Gasteiger partial charge in [0.25, 0.3) is 5.91 Å². The molecule has 168 valence electrons. The monoisotopic (exact) mass is 464 g/mol. The highest BCUT2D eigenvalue weighted by molar-refractivity contribution is 6.36. The van der Waals surface area contributed by atoms with Gasteiger partial charge in [-0.15, -0.1) is 0 Å². The van der Waals surface area contributed by atoms with Crippen molar-refractivity contribution in [3.05, 3.63) is 63.6 Å². The predicted molar refractivity (Wildman–Crippen MR) is 126 cm³/mol. The van der Waals surface area contributed by atoms with Crippen molar-refractivity contribution in [2.24, 2.45) is 0 Å². The van der Waals surface area contributed by atoms with E-state index in [1.54, 1.807) is 25.1 Å². The number of hydrogen-bond acceptors (Lipinski definition) is 3. The number of carbonyl (C=O) groups excluding carboxylic acids is 2. The minimum absolute atomic E-state index is 0.104. The number of nitrogens with one attached hydrogen (secondary N) is 1. The molecule has 31 heavy (non-hydrogen) atoms. The Balaban J connectivity index is 2.24. The summed E-state index contributed by atoms with van der Waals surface area (Å²) in [6, 6.07) is 12.1. The van der Waals surface area contributed by atoms with Gasteiger partial charge in [0, 0.05) is 28.7 Å². The second-order valence-corrected chi connectivity index (χ2v) is 8.48. The van der Waals surface area contributed by atoms with Crippen LogP contribution < -0.4 is 10.1 Å². The van der Waals surface area contributed by atoms with Gasteiger partial charge in [-0.1, -0.05) is 68.2 Å². The van der Waals surface area contributed by atoms with Gasteiger partial charge in [-0.05, 0) is 43.0 Å².